The SMILES string of the molecule is CC1(C)CCCC(C)(C)P1CC1CCCC1CP1C(C)(C)CCCC1(C)C. The topological polar surface area (TPSA) is 0 Å². The first-order valence-electron chi connectivity index (χ1n) is 11.9. The molecule has 2 heteroatoms. The maximum atomic E-state index is 2.61. The van der Waals surface area contributed by atoms with Crippen molar-refractivity contribution >= 4 is 15.8 Å². The van der Waals surface area contributed by atoms with Crippen LogP contribution >= 0.6 is 15.8 Å². The van der Waals surface area contributed by atoms with E-state index in [1.54, 1.807) is 25.2 Å². The molecule has 0 nitrogen and oxygen atoms in total. The fraction of sp³-hybridized carbons (Fsp3) is 1.00. The summed E-state index contributed by atoms with van der Waals surface area (Å²) in [6.07, 6.45) is 16.6. The van der Waals surface area contributed by atoms with Crippen LogP contribution in [0.4, 0.5) is 0 Å². The van der Waals surface area contributed by atoms with Gasteiger partial charge in [-0.15, -0.1) is 0 Å². The molecule has 0 aromatic rings. The Balaban J connectivity index is 1.73. The Morgan fingerprint density at radius 2 is 0.815 bits per heavy atom. The Morgan fingerprint density at radius 3 is 1.11 bits per heavy atom. The van der Waals surface area contributed by atoms with Crippen LogP contribution in [0.3, 0.4) is 0 Å². The van der Waals surface area contributed by atoms with E-state index in [1.807, 2.05) is 0 Å². The second-order valence-corrected chi connectivity index (χ2v) is 19.9. The van der Waals surface area contributed by atoms with Crippen molar-refractivity contribution in [1.29, 1.82) is 0 Å². The van der Waals surface area contributed by atoms with Gasteiger partial charge in [-0.05, 0) is 83.3 Å². The van der Waals surface area contributed by atoms with Gasteiger partial charge in [-0.3, -0.25) is 0 Å². The summed E-state index contributed by atoms with van der Waals surface area (Å²) in [5, 5.41) is 2.44. The maximum Gasteiger partial charge on any atom is -0.0146 e. The van der Waals surface area contributed by atoms with Crippen LogP contribution in [0.25, 0.3) is 0 Å². The Kier molecular flexibility index (Phi) is 6.55. The zero-order chi connectivity index (χ0) is 20.1. The van der Waals surface area contributed by atoms with E-state index in [0.29, 0.717) is 20.6 Å². The highest BCUT2D eigenvalue weighted by Gasteiger charge is 2.48. The van der Waals surface area contributed by atoms with Gasteiger partial charge in [0, 0.05) is 0 Å². The molecule has 2 heterocycles. The van der Waals surface area contributed by atoms with Gasteiger partial charge in [0.05, 0.1) is 0 Å². The van der Waals surface area contributed by atoms with Gasteiger partial charge in [0.25, 0.3) is 0 Å². The van der Waals surface area contributed by atoms with Crippen LogP contribution in [0.5, 0.6) is 0 Å². The fourth-order valence-corrected chi connectivity index (χ4v) is 16.0. The highest BCUT2D eigenvalue weighted by Crippen LogP contribution is 2.70. The molecule has 0 aromatic heterocycles. The molecule has 0 amide bonds. The zero-order valence-electron chi connectivity index (χ0n) is 19.8. The molecule has 1 saturated carbocycles. The van der Waals surface area contributed by atoms with Gasteiger partial charge in [-0.2, -0.15) is 0 Å². The molecule has 3 fully saturated rings. The van der Waals surface area contributed by atoms with Crippen molar-refractivity contribution in [3.63, 3.8) is 0 Å². The minimum atomic E-state index is 0.140. The van der Waals surface area contributed by atoms with Gasteiger partial charge in [-0.25, -0.2) is 0 Å². The summed E-state index contributed by atoms with van der Waals surface area (Å²) in [5.41, 5.74) is 0. The lowest BCUT2D eigenvalue weighted by molar-refractivity contribution is 0.421. The number of hydrogen-bond donors (Lipinski definition) is 0. The Hall–Kier alpha value is 0.860. The summed E-state index contributed by atoms with van der Waals surface area (Å²) in [5.74, 6) is 2.09. The first kappa shape index (κ1) is 22.5. The molecule has 0 N–H and O–H groups in total. The summed E-state index contributed by atoms with van der Waals surface area (Å²) >= 11 is 0. The minimum Gasteiger partial charge on any atom is -0.0948 e. The van der Waals surface area contributed by atoms with Crippen LogP contribution < -0.4 is 0 Å². The van der Waals surface area contributed by atoms with Crippen LogP contribution in [0.2, 0.25) is 0 Å². The summed E-state index contributed by atoms with van der Waals surface area (Å²) < 4.78 is 0. The van der Waals surface area contributed by atoms with Gasteiger partial charge in [-0.1, -0.05) is 90.5 Å². The summed E-state index contributed by atoms with van der Waals surface area (Å²) in [6.45, 7) is 20.9. The maximum absolute atomic E-state index is 2.61. The first-order valence-corrected chi connectivity index (χ1v) is 15.0. The molecule has 0 spiro atoms. The molecule has 2 atom stereocenters. The molecule has 2 unspecified atom stereocenters. The Bertz CT molecular complexity index is 438. The van der Waals surface area contributed by atoms with E-state index >= 15 is 0 Å². The monoisotopic (exact) mass is 410 g/mol. The van der Waals surface area contributed by atoms with Crippen molar-refractivity contribution in [2.75, 3.05) is 12.3 Å². The average molecular weight is 411 g/mol. The first-order chi connectivity index (χ1) is 12.4. The lowest BCUT2D eigenvalue weighted by Crippen LogP contribution is -2.39. The Morgan fingerprint density at radius 1 is 0.519 bits per heavy atom. The number of hydrogen-bond acceptors (Lipinski definition) is 0. The molecular weight excluding hydrogens is 362 g/mol. The van der Waals surface area contributed by atoms with Crippen molar-refractivity contribution in [3.05, 3.63) is 0 Å². The molecule has 1 aliphatic carbocycles. The average Bonchev–Trinajstić information content (AvgIpc) is 2.93. The van der Waals surface area contributed by atoms with Crippen LogP contribution in [0, 0.1) is 11.8 Å². The Labute approximate surface area is 173 Å². The molecule has 0 aromatic carbocycles. The predicted molar refractivity (Wildman–Crippen MR) is 128 cm³/mol. The van der Waals surface area contributed by atoms with E-state index in [1.165, 1.54) is 44.9 Å². The van der Waals surface area contributed by atoms with E-state index in [4.69, 9.17) is 0 Å². The van der Waals surface area contributed by atoms with Gasteiger partial charge in [0.1, 0.15) is 0 Å². The molecule has 0 bridgehead atoms. The molecule has 2 aliphatic heterocycles. The van der Waals surface area contributed by atoms with Crippen molar-refractivity contribution in [2.45, 2.75) is 134 Å². The van der Waals surface area contributed by atoms with Crippen LogP contribution in [-0.2, 0) is 0 Å². The highest BCUT2D eigenvalue weighted by molar-refractivity contribution is 7.61. The van der Waals surface area contributed by atoms with Gasteiger partial charge in [0.2, 0.25) is 0 Å². The standard InChI is InChI=1S/C25H48P2/c1-22(2)14-10-15-23(3,4)26(22)18-20-12-9-13-21(20)19-27-24(5,6)16-11-17-25(27,7)8/h20-21H,9-19H2,1-8H3. The third-order valence-electron chi connectivity index (χ3n) is 8.73. The van der Waals surface area contributed by atoms with E-state index in [-0.39, 0.29) is 15.8 Å². The third kappa shape index (κ3) is 4.79. The van der Waals surface area contributed by atoms with Crippen molar-refractivity contribution in [2.24, 2.45) is 11.8 Å². The van der Waals surface area contributed by atoms with Crippen LogP contribution in [0.15, 0.2) is 0 Å². The van der Waals surface area contributed by atoms with E-state index in [2.05, 4.69) is 55.4 Å². The summed E-state index contributed by atoms with van der Waals surface area (Å²) in [6, 6.07) is 0. The lowest BCUT2D eigenvalue weighted by Gasteiger charge is -2.53. The van der Waals surface area contributed by atoms with Crippen molar-refractivity contribution < 1.29 is 0 Å². The van der Waals surface area contributed by atoms with Gasteiger partial charge in [0.15, 0.2) is 0 Å². The molecule has 27 heavy (non-hydrogen) atoms. The second-order valence-electron chi connectivity index (χ2n) is 12.6. The molecular formula is C25H48P2. The van der Waals surface area contributed by atoms with Gasteiger partial charge >= 0.3 is 0 Å². The van der Waals surface area contributed by atoms with E-state index < -0.39 is 0 Å². The van der Waals surface area contributed by atoms with Gasteiger partial charge < -0.3 is 0 Å². The normalized spacial score (nSPS) is 36.0. The highest BCUT2D eigenvalue weighted by atomic mass is 31.1. The predicted octanol–water partition coefficient (Wildman–Crippen LogP) is 8.85. The quantitative estimate of drug-likeness (QED) is 0.406. The van der Waals surface area contributed by atoms with E-state index in [0.717, 1.165) is 11.8 Å². The largest absolute Gasteiger partial charge is 0.0948 e. The molecule has 158 valence electrons. The second kappa shape index (κ2) is 7.84. The van der Waals surface area contributed by atoms with E-state index in [9.17, 15) is 0 Å². The number of rotatable bonds is 4. The van der Waals surface area contributed by atoms with Crippen molar-refractivity contribution in [3.8, 4) is 0 Å². The smallest absolute Gasteiger partial charge is 0.0146 e. The zero-order valence-corrected chi connectivity index (χ0v) is 21.6. The van der Waals surface area contributed by atoms with Crippen LogP contribution in [-0.4, -0.2) is 32.9 Å². The summed E-state index contributed by atoms with van der Waals surface area (Å²) in [4.78, 5) is 0. The minimum absolute atomic E-state index is 0.140. The van der Waals surface area contributed by atoms with Crippen LogP contribution in [0.1, 0.15) is 113 Å². The summed E-state index contributed by atoms with van der Waals surface area (Å²) in [7, 11) is 0.281. The third-order valence-corrected chi connectivity index (χ3v) is 17.1. The molecule has 2 saturated heterocycles. The van der Waals surface area contributed by atoms with Crippen molar-refractivity contribution in [1.82, 2.24) is 0 Å². The molecule has 3 aliphatic rings. The molecule has 0 radical (unpaired) electrons. The fourth-order valence-electron chi connectivity index (χ4n) is 7.14. The molecule has 3 rings (SSSR count). The lowest BCUT2D eigenvalue weighted by atomic mass is 9.97.